The van der Waals surface area contributed by atoms with E-state index in [1.807, 2.05) is 31.2 Å². The predicted octanol–water partition coefficient (Wildman–Crippen LogP) is 5.06. The van der Waals surface area contributed by atoms with Crippen molar-refractivity contribution >= 4 is 28.5 Å². The molecule has 0 radical (unpaired) electrons. The minimum Gasteiger partial charge on any atom is -0.348 e. The Hall–Kier alpha value is -4.04. The summed E-state index contributed by atoms with van der Waals surface area (Å²) in [5.41, 5.74) is 5.14. The van der Waals surface area contributed by atoms with Crippen molar-refractivity contribution < 1.29 is 9.18 Å². The van der Waals surface area contributed by atoms with Crippen LogP contribution in [0.5, 0.6) is 0 Å². The molecule has 0 spiro atoms. The molecule has 0 fully saturated rings. The van der Waals surface area contributed by atoms with E-state index in [2.05, 4.69) is 25.4 Å². The number of benzene rings is 2. The van der Waals surface area contributed by atoms with Gasteiger partial charge in [-0.1, -0.05) is 35.9 Å². The van der Waals surface area contributed by atoms with Crippen molar-refractivity contribution in [1.82, 2.24) is 30.0 Å². The van der Waals surface area contributed by atoms with Gasteiger partial charge in [-0.05, 0) is 42.3 Å². The molecule has 3 aromatic heterocycles. The van der Waals surface area contributed by atoms with Crippen molar-refractivity contribution in [2.24, 2.45) is 7.05 Å². The molecule has 1 amide bonds. The summed E-state index contributed by atoms with van der Waals surface area (Å²) in [6.45, 7) is 2.17. The van der Waals surface area contributed by atoms with Gasteiger partial charge >= 0.3 is 0 Å². The first kappa shape index (κ1) is 21.8. The molecule has 34 heavy (non-hydrogen) atoms. The zero-order valence-corrected chi connectivity index (χ0v) is 19.2. The number of aromatic amines is 1. The van der Waals surface area contributed by atoms with Gasteiger partial charge in [-0.15, -0.1) is 0 Å². The molecule has 5 aromatic rings. The molecule has 0 unspecified atom stereocenters. The Balaban J connectivity index is 1.28. The first-order valence-corrected chi connectivity index (χ1v) is 10.9. The molecule has 0 saturated carbocycles. The number of fused-ring (bicyclic) bond motifs is 1. The van der Waals surface area contributed by atoms with Crippen LogP contribution in [0.2, 0.25) is 5.02 Å². The lowest BCUT2D eigenvalue weighted by Crippen LogP contribution is -2.23. The fraction of sp³-hybridized carbons (Fsp3) is 0.120. The fourth-order valence-electron chi connectivity index (χ4n) is 3.83. The standard InChI is InChI=1S/C25H20ClFN6O/c1-14-21-22(26)19(12-29-24(21)33(2)32-14)25(34)30-11-15-3-5-17(6-4-15)23-28-13-20(31-23)16-7-9-18(27)10-8-16/h3-10,12-13H,11H2,1-2H3,(H,28,31)(H,30,34). The third kappa shape index (κ3) is 4.04. The minimum atomic E-state index is -0.304. The average Bonchev–Trinajstić information content (AvgIpc) is 3.44. The van der Waals surface area contributed by atoms with Crippen LogP contribution in [0.3, 0.4) is 0 Å². The molecule has 0 aliphatic carbocycles. The van der Waals surface area contributed by atoms with Gasteiger partial charge in [0.1, 0.15) is 11.6 Å². The van der Waals surface area contributed by atoms with E-state index in [1.54, 1.807) is 30.1 Å². The van der Waals surface area contributed by atoms with Gasteiger partial charge in [-0.25, -0.2) is 14.4 Å². The molecule has 3 heterocycles. The van der Waals surface area contributed by atoms with Gasteiger partial charge in [0.15, 0.2) is 5.65 Å². The normalized spacial score (nSPS) is 11.2. The number of H-pyrrole nitrogens is 1. The molecule has 0 aliphatic rings. The zero-order chi connectivity index (χ0) is 23.8. The van der Waals surface area contributed by atoms with Crippen molar-refractivity contribution in [1.29, 1.82) is 0 Å². The number of imidazole rings is 1. The van der Waals surface area contributed by atoms with Crippen molar-refractivity contribution in [3.63, 3.8) is 0 Å². The summed E-state index contributed by atoms with van der Waals surface area (Å²) in [5, 5.41) is 8.23. The predicted molar refractivity (Wildman–Crippen MR) is 129 cm³/mol. The Morgan fingerprint density at radius 3 is 2.50 bits per heavy atom. The third-order valence-electron chi connectivity index (χ3n) is 5.62. The molecule has 9 heteroatoms. The Morgan fingerprint density at radius 2 is 1.76 bits per heavy atom. The van der Waals surface area contributed by atoms with Crippen LogP contribution in [0, 0.1) is 12.7 Å². The summed E-state index contributed by atoms with van der Waals surface area (Å²) < 4.78 is 14.8. The van der Waals surface area contributed by atoms with Gasteiger partial charge in [0, 0.05) is 25.4 Å². The number of amides is 1. The lowest BCUT2D eigenvalue weighted by molar-refractivity contribution is 0.0951. The second kappa shape index (κ2) is 8.72. The molecular weight excluding hydrogens is 455 g/mol. The number of carbonyl (C=O) groups is 1. The van der Waals surface area contributed by atoms with Crippen LogP contribution in [0.1, 0.15) is 21.6 Å². The lowest BCUT2D eigenvalue weighted by atomic mass is 10.1. The number of aromatic nitrogens is 5. The highest BCUT2D eigenvalue weighted by Gasteiger charge is 2.18. The quantitative estimate of drug-likeness (QED) is 0.373. The maximum Gasteiger partial charge on any atom is 0.254 e. The molecular formula is C25H20ClFN6O. The zero-order valence-electron chi connectivity index (χ0n) is 18.4. The lowest BCUT2D eigenvalue weighted by Gasteiger charge is -2.08. The van der Waals surface area contributed by atoms with Crippen LogP contribution in [0.25, 0.3) is 33.7 Å². The fourth-order valence-corrected chi connectivity index (χ4v) is 4.18. The van der Waals surface area contributed by atoms with Gasteiger partial charge < -0.3 is 10.3 Å². The molecule has 0 saturated heterocycles. The number of carbonyl (C=O) groups excluding carboxylic acids is 1. The van der Waals surface area contributed by atoms with Crippen LogP contribution in [-0.2, 0) is 13.6 Å². The molecule has 5 rings (SSSR count). The number of pyridine rings is 1. The van der Waals surface area contributed by atoms with E-state index < -0.39 is 0 Å². The van der Waals surface area contributed by atoms with E-state index in [1.165, 1.54) is 18.3 Å². The van der Waals surface area contributed by atoms with E-state index in [4.69, 9.17) is 11.6 Å². The van der Waals surface area contributed by atoms with Gasteiger partial charge in [0.25, 0.3) is 5.91 Å². The van der Waals surface area contributed by atoms with Gasteiger partial charge in [0.05, 0.1) is 33.6 Å². The summed E-state index contributed by atoms with van der Waals surface area (Å²) in [6, 6.07) is 13.9. The summed E-state index contributed by atoms with van der Waals surface area (Å²) in [4.78, 5) is 24.8. The van der Waals surface area contributed by atoms with E-state index in [0.717, 1.165) is 28.1 Å². The van der Waals surface area contributed by atoms with Gasteiger partial charge in [0.2, 0.25) is 0 Å². The van der Waals surface area contributed by atoms with Crippen LogP contribution in [-0.4, -0.2) is 30.6 Å². The largest absolute Gasteiger partial charge is 0.348 e. The SMILES string of the molecule is Cc1nn(C)c2ncc(C(=O)NCc3ccc(-c4ncc(-c5ccc(F)cc5)[nH]4)cc3)c(Cl)c12. The van der Waals surface area contributed by atoms with E-state index in [-0.39, 0.29) is 11.7 Å². The second-order valence-corrected chi connectivity index (χ2v) is 8.30. The molecule has 0 aliphatic heterocycles. The summed E-state index contributed by atoms with van der Waals surface area (Å²) in [6.07, 6.45) is 3.19. The van der Waals surface area contributed by atoms with E-state index >= 15 is 0 Å². The highest BCUT2D eigenvalue weighted by atomic mass is 35.5. The molecule has 2 N–H and O–H groups in total. The van der Waals surface area contributed by atoms with Crippen LogP contribution in [0.4, 0.5) is 4.39 Å². The molecule has 0 bridgehead atoms. The van der Waals surface area contributed by atoms with Crippen molar-refractivity contribution in [2.75, 3.05) is 0 Å². The first-order valence-electron chi connectivity index (χ1n) is 10.6. The number of nitrogens with one attached hydrogen (secondary N) is 2. The van der Waals surface area contributed by atoms with Crippen LogP contribution < -0.4 is 5.32 Å². The number of rotatable bonds is 5. The summed E-state index contributed by atoms with van der Waals surface area (Å²) in [7, 11) is 1.79. The average molecular weight is 475 g/mol. The number of hydrogen-bond acceptors (Lipinski definition) is 4. The van der Waals surface area contributed by atoms with Crippen LogP contribution >= 0.6 is 11.6 Å². The Labute approximate surface area is 199 Å². The maximum atomic E-state index is 13.2. The molecule has 2 aromatic carbocycles. The monoisotopic (exact) mass is 474 g/mol. The molecule has 7 nitrogen and oxygen atoms in total. The number of hydrogen-bond donors (Lipinski definition) is 2. The highest BCUT2D eigenvalue weighted by molar-refractivity contribution is 6.38. The molecule has 0 atom stereocenters. The van der Waals surface area contributed by atoms with E-state index in [9.17, 15) is 9.18 Å². The summed E-state index contributed by atoms with van der Waals surface area (Å²) in [5.74, 6) is 0.118. The minimum absolute atomic E-state index is 0.280. The van der Waals surface area contributed by atoms with Crippen molar-refractivity contribution in [3.05, 3.63) is 88.6 Å². The van der Waals surface area contributed by atoms with Crippen molar-refractivity contribution in [2.45, 2.75) is 13.5 Å². The van der Waals surface area contributed by atoms with Gasteiger partial charge in [-0.3, -0.25) is 9.48 Å². The van der Waals surface area contributed by atoms with Crippen molar-refractivity contribution in [3.8, 4) is 22.6 Å². The molecule has 170 valence electrons. The highest BCUT2D eigenvalue weighted by Crippen LogP contribution is 2.28. The number of nitrogens with zero attached hydrogens (tertiary/aromatic N) is 4. The van der Waals surface area contributed by atoms with Gasteiger partial charge in [-0.2, -0.15) is 5.10 Å². The Kier molecular flexibility index (Phi) is 5.59. The number of halogens is 2. The topological polar surface area (TPSA) is 88.5 Å². The second-order valence-electron chi connectivity index (χ2n) is 7.93. The smallest absolute Gasteiger partial charge is 0.254 e. The van der Waals surface area contributed by atoms with E-state index in [0.29, 0.717) is 34.0 Å². The maximum absolute atomic E-state index is 13.2. The number of aryl methyl sites for hydroxylation is 2. The Morgan fingerprint density at radius 1 is 1.06 bits per heavy atom. The first-order chi connectivity index (χ1) is 16.4. The third-order valence-corrected chi connectivity index (χ3v) is 6.01. The van der Waals surface area contributed by atoms with Crippen LogP contribution in [0.15, 0.2) is 60.9 Å². The Bertz CT molecular complexity index is 1510. The summed E-state index contributed by atoms with van der Waals surface area (Å²) >= 11 is 6.50.